The lowest BCUT2D eigenvalue weighted by Crippen LogP contribution is -2.30. The Balaban J connectivity index is 1.38. The van der Waals surface area contributed by atoms with Crippen LogP contribution in [0.3, 0.4) is 0 Å². The fourth-order valence-electron chi connectivity index (χ4n) is 3.51. The summed E-state index contributed by atoms with van der Waals surface area (Å²) >= 11 is 1.11. The predicted octanol–water partition coefficient (Wildman–Crippen LogP) is 4.01. The number of aromatic nitrogens is 3. The second-order valence-electron chi connectivity index (χ2n) is 7.26. The monoisotopic (exact) mass is 455 g/mol. The van der Waals surface area contributed by atoms with Crippen molar-refractivity contribution in [1.29, 1.82) is 0 Å². The van der Waals surface area contributed by atoms with E-state index in [0.717, 1.165) is 27.9 Å². The highest BCUT2D eigenvalue weighted by Crippen LogP contribution is 2.27. The molecule has 0 radical (unpaired) electrons. The second kappa shape index (κ2) is 8.71. The molecule has 4 aromatic rings. The quantitative estimate of drug-likeness (QED) is 0.248. The number of imide groups is 1. The molecule has 0 unspecified atom stereocenters. The summed E-state index contributed by atoms with van der Waals surface area (Å²) in [6.07, 6.45) is 0. The van der Waals surface area contributed by atoms with E-state index < -0.39 is 11.8 Å². The number of anilines is 1. The number of nitrogens with zero attached hydrogens (tertiary/aromatic N) is 5. The largest absolute Gasteiger partial charge is 0.389 e. The normalized spacial score (nSPS) is 13.4. The molecular weight excluding hydrogens is 438 g/mol. The highest BCUT2D eigenvalue weighted by molar-refractivity contribution is 6.99. The van der Waals surface area contributed by atoms with Gasteiger partial charge < -0.3 is 4.84 Å². The zero-order valence-corrected chi connectivity index (χ0v) is 18.3. The van der Waals surface area contributed by atoms with E-state index in [9.17, 15) is 9.59 Å². The van der Waals surface area contributed by atoms with E-state index in [0.29, 0.717) is 28.2 Å². The van der Waals surface area contributed by atoms with Crippen molar-refractivity contribution in [3.05, 3.63) is 107 Å². The zero-order chi connectivity index (χ0) is 22.8. The first kappa shape index (κ1) is 20.7. The summed E-state index contributed by atoms with van der Waals surface area (Å²) < 4.78 is 8.57. The van der Waals surface area contributed by atoms with Crippen LogP contribution in [0.4, 0.5) is 5.82 Å². The third-order valence-corrected chi connectivity index (χ3v) is 5.73. The van der Waals surface area contributed by atoms with Crippen molar-refractivity contribution in [2.75, 3.05) is 4.90 Å². The molecule has 0 saturated carbocycles. The number of hydrogen-bond acceptors (Lipinski definition) is 8. The Kier molecular flexibility index (Phi) is 5.45. The van der Waals surface area contributed by atoms with Crippen LogP contribution in [0.5, 0.6) is 0 Å². The van der Waals surface area contributed by atoms with Crippen LogP contribution in [-0.2, 0) is 11.4 Å². The fraction of sp³-hybridized carbons (Fsp3) is 0.0833. The molecule has 0 bridgehead atoms. The molecular formula is C24H17N5O3S. The summed E-state index contributed by atoms with van der Waals surface area (Å²) in [5.74, 6) is -0.539. The summed E-state index contributed by atoms with van der Waals surface area (Å²) in [6.45, 7) is 1.91. The van der Waals surface area contributed by atoms with Crippen molar-refractivity contribution in [3.63, 3.8) is 0 Å². The first-order valence-corrected chi connectivity index (χ1v) is 10.8. The minimum Gasteiger partial charge on any atom is -0.389 e. The average Bonchev–Trinajstić information content (AvgIpc) is 3.38. The van der Waals surface area contributed by atoms with Gasteiger partial charge in [-0.05, 0) is 31.2 Å². The molecule has 1 aliphatic rings. The summed E-state index contributed by atoms with van der Waals surface area (Å²) in [5.41, 5.74) is 4.09. The SMILES string of the molecule is Cc1nsnc1/C(=N/OCc1cccc(N2C(=O)c3ccccc3C2=O)n1)c1ccccc1. The number of pyridine rings is 1. The number of carbonyl (C=O) groups excluding carboxylic acids is 2. The van der Waals surface area contributed by atoms with Gasteiger partial charge in [0.05, 0.1) is 34.2 Å². The number of hydrogen-bond donors (Lipinski definition) is 0. The molecule has 0 N–H and O–H groups in total. The maximum atomic E-state index is 12.7. The van der Waals surface area contributed by atoms with Crippen LogP contribution < -0.4 is 4.90 Å². The smallest absolute Gasteiger partial charge is 0.267 e. The summed E-state index contributed by atoms with van der Waals surface area (Å²) in [7, 11) is 0. The van der Waals surface area contributed by atoms with Crippen molar-refractivity contribution in [2.24, 2.45) is 5.16 Å². The molecule has 5 rings (SSSR count). The van der Waals surface area contributed by atoms with Gasteiger partial charge in [-0.3, -0.25) is 9.59 Å². The molecule has 0 fully saturated rings. The van der Waals surface area contributed by atoms with Crippen LogP contribution in [0.2, 0.25) is 0 Å². The van der Waals surface area contributed by atoms with Gasteiger partial charge in [-0.1, -0.05) is 53.7 Å². The molecule has 3 heterocycles. The van der Waals surface area contributed by atoms with Gasteiger partial charge in [0.2, 0.25) is 0 Å². The van der Waals surface area contributed by atoms with E-state index in [1.54, 1.807) is 42.5 Å². The van der Waals surface area contributed by atoms with Crippen LogP contribution in [0.25, 0.3) is 0 Å². The van der Waals surface area contributed by atoms with E-state index in [4.69, 9.17) is 4.84 Å². The first-order chi connectivity index (χ1) is 16.1. The Morgan fingerprint density at radius 2 is 1.61 bits per heavy atom. The van der Waals surface area contributed by atoms with Gasteiger partial charge in [0.25, 0.3) is 11.8 Å². The van der Waals surface area contributed by atoms with Crippen molar-refractivity contribution in [3.8, 4) is 0 Å². The first-order valence-electron chi connectivity index (χ1n) is 10.1. The summed E-state index contributed by atoms with van der Waals surface area (Å²) in [4.78, 5) is 36.6. The Morgan fingerprint density at radius 1 is 0.909 bits per heavy atom. The molecule has 2 amide bonds. The van der Waals surface area contributed by atoms with Crippen LogP contribution in [0.1, 0.15) is 43.4 Å². The lowest BCUT2D eigenvalue weighted by molar-refractivity contribution is 0.0924. The van der Waals surface area contributed by atoms with E-state index in [1.807, 2.05) is 37.3 Å². The number of oxime groups is 1. The number of amides is 2. The lowest BCUT2D eigenvalue weighted by atomic mass is 10.1. The molecule has 2 aromatic heterocycles. The van der Waals surface area contributed by atoms with Crippen LogP contribution in [-0.4, -0.2) is 31.3 Å². The average molecular weight is 455 g/mol. The molecule has 0 aliphatic carbocycles. The van der Waals surface area contributed by atoms with Crippen molar-refractivity contribution >= 4 is 35.1 Å². The Bertz CT molecular complexity index is 1350. The molecule has 33 heavy (non-hydrogen) atoms. The Morgan fingerprint density at radius 3 is 2.27 bits per heavy atom. The molecule has 162 valence electrons. The molecule has 2 aromatic carbocycles. The van der Waals surface area contributed by atoms with Gasteiger partial charge in [0.15, 0.2) is 6.61 Å². The van der Waals surface area contributed by atoms with Gasteiger partial charge in [-0.15, -0.1) is 0 Å². The number of aryl methyl sites for hydroxylation is 1. The zero-order valence-electron chi connectivity index (χ0n) is 17.5. The maximum Gasteiger partial charge on any atom is 0.267 e. The van der Waals surface area contributed by atoms with Crippen molar-refractivity contribution in [1.82, 2.24) is 13.7 Å². The minimum absolute atomic E-state index is 0.0456. The van der Waals surface area contributed by atoms with Crippen molar-refractivity contribution in [2.45, 2.75) is 13.5 Å². The number of fused-ring (bicyclic) bond motifs is 1. The van der Waals surface area contributed by atoms with E-state index >= 15 is 0 Å². The second-order valence-corrected chi connectivity index (χ2v) is 7.78. The third kappa shape index (κ3) is 3.90. The fourth-order valence-corrected chi connectivity index (χ4v) is 4.06. The predicted molar refractivity (Wildman–Crippen MR) is 123 cm³/mol. The molecule has 8 nitrogen and oxygen atoms in total. The van der Waals surface area contributed by atoms with Crippen LogP contribution >= 0.6 is 11.7 Å². The van der Waals surface area contributed by atoms with E-state index in [-0.39, 0.29) is 12.4 Å². The number of rotatable bonds is 6. The topological polar surface area (TPSA) is 97.6 Å². The molecule has 0 spiro atoms. The standard InChI is InChI=1S/C24H17N5O3S/c1-15-21(28-33-27-15)22(16-8-3-2-4-9-16)26-32-14-17-10-7-13-20(25-17)29-23(30)18-11-5-6-12-19(18)24(29)31/h2-13H,14H2,1H3/b26-22+. The molecule has 1 aliphatic heterocycles. The summed E-state index contributed by atoms with van der Waals surface area (Å²) in [5, 5.41) is 4.32. The van der Waals surface area contributed by atoms with Gasteiger partial charge in [0, 0.05) is 5.56 Å². The van der Waals surface area contributed by atoms with Gasteiger partial charge in [-0.25, -0.2) is 9.88 Å². The third-order valence-electron chi connectivity index (χ3n) is 5.11. The van der Waals surface area contributed by atoms with Gasteiger partial charge >= 0.3 is 0 Å². The Labute approximate surface area is 193 Å². The molecule has 0 atom stereocenters. The summed E-state index contributed by atoms with van der Waals surface area (Å²) in [6, 6.07) is 21.4. The van der Waals surface area contributed by atoms with Gasteiger partial charge in [0.1, 0.15) is 17.2 Å². The highest BCUT2D eigenvalue weighted by atomic mass is 32.1. The van der Waals surface area contributed by atoms with Crippen molar-refractivity contribution < 1.29 is 14.4 Å². The van der Waals surface area contributed by atoms with Crippen LogP contribution in [0.15, 0.2) is 78.0 Å². The highest BCUT2D eigenvalue weighted by Gasteiger charge is 2.37. The molecule has 0 saturated heterocycles. The minimum atomic E-state index is -0.392. The van der Waals surface area contributed by atoms with Gasteiger partial charge in [-0.2, -0.15) is 8.75 Å². The lowest BCUT2D eigenvalue weighted by Gasteiger charge is -2.13. The maximum absolute atomic E-state index is 12.7. The van der Waals surface area contributed by atoms with Crippen LogP contribution in [0, 0.1) is 6.92 Å². The molecule has 9 heteroatoms. The number of benzene rings is 2. The van der Waals surface area contributed by atoms with E-state index in [2.05, 4.69) is 18.9 Å². The Hall–Kier alpha value is -4.24. The number of carbonyl (C=O) groups is 2. The van der Waals surface area contributed by atoms with E-state index in [1.165, 1.54) is 0 Å².